The van der Waals surface area contributed by atoms with Crippen LogP contribution in [0.25, 0.3) is 0 Å². The smallest absolute Gasteiger partial charge is 0.304 e. The molecule has 0 aromatic rings. The van der Waals surface area contributed by atoms with E-state index in [1.807, 2.05) is 11.8 Å². The third-order valence-electron chi connectivity index (χ3n) is 3.62. The molecule has 1 saturated heterocycles. The molecule has 1 saturated carbocycles. The summed E-state index contributed by atoms with van der Waals surface area (Å²) in [4.78, 5) is 13.3. The summed E-state index contributed by atoms with van der Waals surface area (Å²) >= 11 is 1.90. The average molecular weight is 243 g/mol. The molecule has 1 heterocycles. The fourth-order valence-electron chi connectivity index (χ4n) is 2.60. The van der Waals surface area contributed by atoms with Crippen LogP contribution < -0.4 is 0 Å². The van der Waals surface area contributed by atoms with Gasteiger partial charge in [-0.05, 0) is 19.3 Å². The van der Waals surface area contributed by atoms with Crippen LogP contribution in [-0.2, 0) is 4.79 Å². The summed E-state index contributed by atoms with van der Waals surface area (Å²) in [6, 6.07) is 0.822. The normalized spacial score (nSPS) is 28.9. The van der Waals surface area contributed by atoms with Gasteiger partial charge in [-0.25, -0.2) is 0 Å². The maximum Gasteiger partial charge on any atom is 0.304 e. The summed E-state index contributed by atoms with van der Waals surface area (Å²) in [6.07, 6.45) is 4.34. The Labute approximate surface area is 102 Å². The van der Waals surface area contributed by atoms with Crippen LogP contribution in [0.1, 0.15) is 32.6 Å². The monoisotopic (exact) mass is 243 g/mol. The highest BCUT2D eigenvalue weighted by atomic mass is 32.2. The molecule has 2 unspecified atom stereocenters. The van der Waals surface area contributed by atoms with Crippen molar-refractivity contribution in [2.75, 3.05) is 18.1 Å². The van der Waals surface area contributed by atoms with E-state index in [1.165, 1.54) is 19.3 Å². The van der Waals surface area contributed by atoms with Gasteiger partial charge in [0.2, 0.25) is 0 Å². The molecule has 0 aromatic heterocycles. The summed E-state index contributed by atoms with van der Waals surface area (Å²) in [7, 11) is 0. The summed E-state index contributed by atoms with van der Waals surface area (Å²) in [5, 5.41) is 8.92. The lowest BCUT2D eigenvalue weighted by atomic mass is 10.1. The number of nitrogens with zero attached hydrogens (tertiary/aromatic N) is 1. The Hall–Kier alpha value is -0.220. The number of carbonyl (C=O) groups is 1. The Balaban J connectivity index is 1.88. The fourth-order valence-corrected chi connectivity index (χ4v) is 3.69. The van der Waals surface area contributed by atoms with Crippen LogP contribution in [0.2, 0.25) is 0 Å². The Bertz CT molecular complexity index is 255. The van der Waals surface area contributed by atoms with Gasteiger partial charge in [0.1, 0.15) is 0 Å². The van der Waals surface area contributed by atoms with E-state index >= 15 is 0 Å². The third-order valence-corrected chi connectivity index (χ3v) is 4.71. The zero-order valence-corrected chi connectivity index (χ0v) is 10.7. The van der Waals surface area contributed by atoms with E-state index in [1.54, 1.807) is 0 Å². The van der Waals surface area contributed by atoms with Crippen LogP contribution in [0.4, 0.5) is 0 Å². The van der Waals surface area contributed by atoms with Crippen molar-refractivity contribution in [3.8, 4) is 0 Å². The highest BCUT2D eigenvalue weighted by Gasteiger charge is 2.32. The van der Waals surface area contributed by atoms with Gasteiger partial charge in [-0.1, -0.05) is 12.8 Å². The molecule has 0 amide bonds. The van der Waals surface area contributed by atoms with E-state index in [2.05, 4.69) is 11.8 Å². The van der Waals surface area contributed by atoms with Gasteiger partial charge in [0.25, 0.3) is 0 Å². The minimum atomic E-state index is -0.656. The van der Waals surface area contributed by atoms with Gasteiger partial charge in [0.15, 0.2) is 0 Å². The third kappa shape index (κ3) is 3.39. The van der Waals surface area contributed by atoms with E-state index < -0.39 is 5.97 Å². The molecule has 3 nitrogen and oxygen atoms in total. The van der Waals surface area contributed by atoms with E-state index in [0.717, 1.165) is 24.0 Å². The first-order valence-corrected chi connectivity index (χ1v) is 7.37. The second-order valence-corrected chi connectivity index (χ2v) is 6.24. The number of hydrogen-bond donors (Lipinski definition) is 1. The zero-order chi connectivity index (χ0) is 11.5. The molecule has 1 aliphatic heterocycles. The molecule has 2 fully saturated rings. The lowest BCUT2D eigenvalue weighted by Gasteiger charge is -2.39. The Morgan fingerprint density at radius 3 is 2.94 bits per heavy atom. The molecule has 0 spiro atoms. The molecular weight excluding hydrogens is 222 g/mol. The topological polar surface area (TPSA) is 40.5 Å². The van der Waals surface area contributed by atoms with Crippen molar-refractivity contribution >= 4 is 17.7 Å². The van der Waals surface area contributed by atoms with Crippen molar-refractivity contribution in [3.63, 3.8) is 0 Å². The van der Waals surface area contributed by atoms with Crippen molar-refractivity contribution in [2.45, 2.75) is 44.7 Å². The second kappa shape index (κ2) is 5.41. The number of hydrogen-bond acceptors (Lipinski definition) is 3. The van der Waals surface area contributed by atoms with Gasteiger partial charge in [0.05, 0.1) is 6.42 Å². The maximum atomic E-state index is 10.8. The summed E-state index contributed by atoms with van der Waals surface area (Å²) in [6.45, 7) is 3.33. The predicted octanol–water partition coefficient (Wildman–Crippen LogP) is 2.07. The lowest BCUT2D eigenvalue weighted by molar-refractivity contribution is -0.138. The van der Waals surface area contributed by atoms with Gasteiger partial charge in [-0.15, -0.1) is 0 Å². The lowest BCUT2D eigenvalue weighted by Crippen LogP contribution is -2.48. The second-order valence-electron chi connectivity index (χ2n) is 5.09. The Morgan fingerprint density at radius 2 is 2.31 bits per heavy atom. The van der Waals surface area contributed by atoms with E-state index in [-0.39, 0.29) is 6.04 Å². The van der Waals surface area contributed by atoms with E-state index in [9.17, 15) is 4.79 Å². The molecule has 1 N–H and O–H groups in total. The first-order valence-electron chi connectivity index (χ1n) is 6.22. The van der Waals surface area contributed by atoms with Gasteiger partial charge < -0.3 is 5.11 Å². The van der Waals surface area contributed by atoms with Crippen molar-refractivity contribution in [3.05, 3.63) is 0 Å². The number of carboxylic acids is 1. The first-order chi connectivity index (χ1) is 7.66. The number of aliphatic carboxylic acids is 1. The Kier molecular flexibility index (Phi) is 4.14. The predicted molar refractivity (Wildman–Crippen MR) is 66.9 cm³/mol. The molecule has 2 rings (SSSR count). The molecular formula is C12H21NO2S. The van der Waals surface area contributed by atoms with E-state index in [0.29, 0.717) is 12.5 Å². The Morgan fingerprint density at radius 1 is 1.56 bits per heavy atom. The largest absolute Gasteiger partial charge is 0.481 e. The quantitative estimate of drug-likeness (QED) is 0.802. The summed E-state index contributed by atoms with van der Waals surface area (Å²) in [5.41, 5.74) is 0. The number of carboxylic acid groups (broad SMARTS) is 1. The molecule has 16 heavy (non-hydrogen) atoms. The maximum absolute atomic E-state index is 10.8. The summed E-state index contributed by atoms with van der Waals surface area (Å²) < 4.78 is 0. The first kappa shape index (κ1) is 12.2. The van der Waals surface area contributed by atoms with Crippen LogP contribution in [0.3, 0.4) is 0 Å². The van der Waals surface area contributed by atoms with Crippen LogP contribution in [0.5, 0.6) is 0 Å². The van der Waals surface area contributed by atoms with Gasteiger partial charge in [-0.3, -0.25) is 9.69 Å². The molecule has 0 bridgehead atoms. The highest BCUT2D eigenvalue weighted by molar-refractivity contribution is 7.99. The summed E-state index contributed by atoms with van der Waals surface area (Å²) in [5.74, 6) is 2.41. The molecule has 1 aliphatic carbocycles. The van der Waals surface area contributed by atoms with Crippen molar-refractivity contribution in [1.82, 2.24) is 4.90 Å². The molecule has 4 heteroatoms. The van der Waals surface area contributed by atoms with Crippen LogP contribution in [0, 0.1) is 5.92 Å². The molecule has 2 aliphatic rings. The minimum Gasteiger partial charge on any atom is -0.481 e. The van der Waals surface area contributed by atoms with Gasteiger partial charge in [-0.2, -0.15) is 11.8 Å². The van der Waals surface area contributed by atoms with Gasteiger partial charge >= 0.3 is 5.97 Å². The van der Waals surface area contributed by atoms with Crippen molar-refractivity contribution in [2.24, 2.45) is 5.92 Å². The van der Waals surface area contributed by atoms with Gasteiger partial charge in [0, 0.05) is 30.1 Å². The van der Waals surface area contributed by atoms with Crippen LogP contribution >= 0.6 is 11.8 Å². The number of rotatable bonds is 5. The van der Waals surface area contributed by atoms with Crippen molar-refractivity contribution in [1.29, 1.82) is 0 Å². The number of thioether (sulfide) groups is 1. The standard InChI is InChI=1S/C12H21NO2S/c1-9(6-10-2-3-10)13-4-5-16-8-11(13)7-12(14)15/h9-11H,2-8H2,1H3,(H,14,15). The van der Waals surface area contributed by atoms with Crippen LogP contribution in [0.15, 0.2) is 0 Å². The highest BCUT2D eigenvalue weighted by Crippen LogP contribution is 2.35. The SMILES string of the molecule is CC(CC1CC1)N1CCSCC1CC(=O)O. The van der Waals surface area contributed by atoms with Crippen molar-refractivity contribution < 1.29 is 9.90 Å². The molecule has 2 atom stereocenters. The molecule has 92 valence electrons. The van der Waals surface area contributed by atoms with E-state index in [4.69, 9.17) is 5.11 Å². The fraction of sp³-hybridized carbons (Fsp3) is 0.917. The molecule has 0 radical (unpaired) electrons. The zero-order valence-electron chi connectivity index (χ0n) is 9.89. The average Bonchev–Trinajstić information content (AvgIpc) is 3.01. The molecule has 0 aromatic carbocycles. The minimum absolute atomic E-state index is 0.255. The van der Waals surface area contributed by atoms with Crippen LogP contribution in [-0.4, -0.2) is 46.1 Å².